The lowest BCUT2D eigenvalue weighted by Gasteiger charge is -1.88. The third kappa shape index (κ3) is 4.27. The van der Waals surface area contributed by atoms with Crippen molar-refractivity contribution in [2.75, 3.05) is 18.6 Å². The Kier molecular flexibility index (Phi) is 5.51. The van der Waals surface area contributed by atoms with Crippen molar-refractivity contribution < 1.29 is 5.21 Å². The van der Waals surface area contributed by atoms with Crippen LogP contribution in [0.2, 0.25) is 0 Å². The van der Waals surface area contributed by atoms with Gasteiger partial charge < -0.3 is 5.21 Å². The van der Waals surface area contributed by atoms with Gasteiger partial charge in [-0.15, -0.1) is 0 Å². The predicted octanol–water partition coefficient (Wildman–Crippen LogP) is 0.328. The molecule has 0 aliphatic heterocycles. The van der Waals surface area contributed by atoms with Crippen LogP contribution < -0.4 is 5.48 Å². The smallest absolute Gasteiger partial charge is 0.0298 e. The van der Waals surface area contributed by atoms with Crippen molar-refractivity contribution >= 4 is 11.8 Å². The molecule has 0 unspecified atom stereocenters. The molecule has 2 nitrogen and oxygen atoms in total. The fourth-order valence-electron chi connectivity index (χ4n) is 0.148. The molecule has 0 amide bonds. The molecule has 0 spiro atoms. The van der Waals surface area contributed by atoms with Crippen LogP contribution >= 0.6 is 11.8 Å². The third-order valence-corrected chi connectivity index (χ3v) is 1.03. The van der Waals surface area contributed by atoms with Crippen LogP contribution in [-0.4, -0.2) is 23.8 Å². The number of hydrogen-bond acceptors (Lipinski definition) is 3. The standard InChI is InChI=1S/C3H9NOS/c1-6-3-2-4-5/h4-5H,2-3H2,1H3. The Bertz CT molecular complexity index is 22.8. The van der Waals surface area contributed by atoms with E-state index in [2.05, 4.69) is 0 Å². The lowest BCUT2D eigenvalue weighted by molar-refractivity contribution is 0.174. The Morgan fingerprint density at radius 2 is 2.50 bits per heavy atom. The maximum atomic E-state index is 7.93. The zero-order valence-electron chi connectivity index (χ0n) is 3.77. The maximum absolute atomic E-state index is 7.93. The molecule has 0 saturated heterocycles. The van der Waals surface area contributed by atoms with Crippen molar-refractivity contribution in [1.82, 2.24) is 5.48 Å². The van der Waals surface area contributed by atoms with E-state index in [-0.39, 0.29) is 0 Å². The summed E-state index contributed by atoms with van der Waals surface area (Å²) in [7, 11) is 0. The molecule has 0 aliphatic rings. The zero-order chi connectivity index (χ0) is 4.83. The SMILES string of the molecule is CSCCNO. The van der Waals surface area contributed by atoms with Crippen LogP contribution in [0.1, 0.15) is 0 Å². The summed E-state index contributed by atoms with van der Waals surface area (Å²) in [6.07, 6.45) is 2.00. The van der Waals surface area contributed by atoms with E-state index in [9.17, 15) is 0 Å². The summed E-state index contributed by atoms with van der Waals surface area (Å²) in [5.74, 6) is 0.969. The van der Waals surface area contributed by atoms with E-state index < -0.39 is 0 Å². The van der Waals surface area contributed by atoms with Crippen LogP contribution in [0.4, 0.5) is 0 Å². The third-order valence-electron chi connectivity index (χ3n) is 0.418. The van der Waals surface area contributed by atoms with E-state index >= 15 is 0 Å². The first-order valence-corrected chi connectivity index (χ1v) is 3.17. The van der Waals surface area contributed by atoms with E-state index in [0.29, 0.717) is 6.54 Å². The molecule has 0 aromatic heterocycles. The summed E-state index contributed by atoms with van der Waals surface area (Å²) < 4.78 is 0. The van der Waals surface area contributed by atoms with Gasteiger partial charge in [-0.1, -0.05) is 0 Å². The second-order valence-corrected chi connectivity index (χ2v) is 1.89. The summed E-state index contributed by atoms with van der Waals surface area (Å²) in [5.41, 5.74) is 2.05. The number of thioether (sulfide) groups is 1. The highest BCUT2D eigenvalue weighted by Crippen LogP contribution is 1.85. The fraction of sp³-hybridized carbons (Fsp3) is 1.00. The molecule has 0 aromatic carbocycles. The second kappa shape index (κ2) is 5.27. The van der Waals surface area contributed by atoms with E-state index in [1.807, 2.05) is 11.7 Å². The summed E-state index contributed by atoms with van der Waals surface area (Å²) in [6, 6.07) is 0. The highest BCUT2D eigenvalue weighted by molar-refractivity contribution is 7.98. The van der Waals surface area contributed by atoms with E-state index in [4.69, 9.17) is 5.21 Å². The minimum absolute atomic E-state index is 0.682. The summed E-state index contributed by atoms with van der Waals surface area (Å²) in [6.45, 7) is 0.682. The van der Waals surface area contributed by atoms with E-state index in [1.54, 1.807) is 11.8 Å². The Balaban J connectivity index is 2.34. The van der Waals surface area contributed by atoms with Gasteiger partial charge in [-0.2, -0.15) is 11.8 Å². The van der Waals surface area contributed by atoms with Crippen LogP contribution in [-0.2, 0) is 0 Å². The Labute approximate surface area is 41.9 Å². The van der Waals surface area contributed by atoms with Gasteiger partial charge in [-0.05, 0) is 6.26 Å². The molecule has 0 aromatic rings. The van der Waals surface area contributed by atoms with Gasteiger partial charge in [0.2, 0.25) is 0 Å². The molecule has 0 bridgehead atoms. The van der Waals surface area contributed by atoms with Gasteiger partial charge in [0.15, 0.2) is 0 Å². The molecule has 0 radical (unpaired) electrons. The summed E-state index contributed by atoms with van der Waals surface area (Å²) in [4.78, 5) is 0. The molecule has 2 N–H and O–H groups in total. The molecule has 0 saturated carbocycles. The van der Waals surface area contributed by atoms with Gasteiger partial charge in [0.25, 0.3) is 0 Å². The second-order valence-electron chi connectivity index (χ2n) is 0.901. The van der Waals surface area contributed by atoms with Crippen LogP contribution in [0.3, 0.4) is 0 Å². The average Bonchev–Trinajstić information content (AvgIpc) is 1.61. The molecule has 0 rings (SSSR count). The van der Waals surface area contributed by atoms with Crippen molar-refractivity contribution in [1.29, 1.82) is 0 Å². The molecule has 0 aliphatic carbocycles. The molecule has 0 heterocycles. The maximum Gasteiger partial charge on any atom is 0.0298 e. The van der Waals surface area contributed by atoms with Crippen LogP contribution in [0.25, 0.3) is 0 Å². The van der Waals surface area contributed by atoms with Crippen LogP contribution in [0.15, 0.2) is 0 Å². The van der Waals surface area contributed by atoms with Crippen molar-refractivity contribution in [2.45, 2.75) is 0 Å². The van der Waals surface area contributed by atoms with Crippen LogP contribution in [0, 0.1) is 0 Å². The fourth-order valence-corrected chi connectivity index (χ4v) is 0.443. The highest BCUT2D eigenvalue weighted by atomic mass is 32.2. The van der Waals surface area contributed by atoms with Crippen molar-refractivity contribution in [3.05, 3.63) is 0 Å². The van der Waals surface area contributed by atoms with Gasteiger partial charge >= 0.3 is 0 Å². The van der Waals surface area contributed by atoms with Gasteiger partial charge in [0.05, 0.1) is 0 Å². The van der Waals surface area contributed by atoms with Crippen LogP contribution in [0.5, 0.6) is 0 Å². The van der Waals surface area contributed by atoms with Crippen molar-refractivity contribution in [2.24, 2.45) is 0 Å². The quantitative estimate of drug-likeness (QED) is 0.402. The highest BCUT2D eigenvalue weighted by Gasteiger charge is 1.74. The normalized spacial score (nSPS) is 9.00. The summed E-state index contributed by atoms with van der Waals surface area (Å²) in [5, 5.41) is 7.93. The molecular formula is C3H9NOS. The van der Waals surface area contributed by atoms with E-state index in [1.165, 1.54) is 0 Å². The molecule has 6 heavy (non-hydrogen) atoms. The predicted molar refractivity (Wildman–Crippen MR) is 28.2 cm³/mol. The molecule has 38 valence electrons. The van der Waals surface area contributed by atoms with Crippen molar-refractivity contribution in [3.8, 4) is 0 Å². The zero-order valence-corrected chi connectivity index (χ0v) is 4.59. The first kappa shape index (κ1) is 6.27. The average molecular weight is 107 g/mol. The molecular weight excluding hydrogens is 98.1 g/mol. The number of hydrogen-bond donors (Lipinski definition) is 2. The lowest BCUT2D eigenvalue weighted by Crippen LogP contribution is -2.10. The van der Waals surface area contributed by atoms with Gasteiger partial charge in [0, 0.05) is 12.3 Å². The molecule has 0 fully saturated rings. The first-order chi connectivity index (χ1) is 2.91. The molecule has 0 atom stereocenters. The van der Waals surface area contributed by atoms with Gasteiger partial charge in [-0.25, -0.2) is 5.48 Å². The minimum Gasteiger partial charge on any atom is -0.317 e. The Hall–Kier alpha value is 0.270. The number of rotatable bonds is 3. The van der Waals surface area contributed by atoms with Crippen molar-refractivity contribution in [3.63, 3.8) is 0 Å². The topological polar surface area (TPSA) is 32.3 Å². The summed E-state index contributed by atoms with van der Waals surface area (Å²) >= 11 is 1.70. The number of nitrogens with one attached hydrogen (secondary N) is 1. The minimum atomic E-state index is 0.682. The Morgan fingerprint density at radius 3 is 2.67 bits per heavy atom. The monoisotopic (exact) mass is 107 g/mol. The van der Waals surface area contributed by atoms with Gasteiger partial charge in [0.1, 0.15) is 0 Å². The number of hydroxylamine groups is 1. The lowest BCUT2D eigenvalue weighted by atomic mass is 10.8. The van der Waals surface area contributed by atoms with E-state index in [0.717, 1.165) is 5.75 Å². The largest absolute Gasteiger partial charge is 0.317 e. The molecule has 3 heteroatoms. The Morgan fingerprint density at radius 1 is 1.83 bits per heavy atom. The first-order valence-electron chi connectivity index (χ1n) is 1.77. The van der Waals surface area contributed by atoms with Gasteiger partial charge in [-0.3, -0.25) is 0 Å².